The number of thioether (sulfide) groups is 1. The van der Waals surface area contributed by atoms with E-state index in [1.165, 1.54) is 4.90 Å². The first-order valence-corrected chi connectivity index (χ1v) is 12.7. The Labute approximate surface area is 209 Å². The van der Waals surface area contributed by atoms with Crippen LogP contribution in [0.2, 0.25) is 5.02 Å². The summed E-state index contributed by atoms with van der Waals surface area (Å²) in [6, 6.07) is 6.27. The lowest BCUT2D eigenvalue weighted by atomic mass is 9.70. The predicted octanol–water partition coefficient (Wildman–Crippen LogP) is 2.59. The molecule has 1 spiro atoms. The summed E-state index contributed by atoms with van der Waals surface area (Å²) in [6.07, 6.45) is 4.71. The molecule has 3 heterocycles. The molecule has 3 aliphatic heterocycles. The first kappa shape index (κ1) is 24.8. The van der Waals surface area contributed by atoms with Gasteiger partial charge in [0.25, 0.3) is 5.91 Å². The number of halogens is 1. The molecule has 0 aliphatic carbocycles. The van der Waals surface area contributed by atoms with Gasteiger partial charge in [0, 0.05) is 31.9 Å². The molecule has 3 aliphatic rings. The molecule has 3 fully saturated rings. The van der Waals surface area contributed by atoms with Gasteiger partial charge in [0.1, 0.15) is 6.04 Å². The molecule has 2 bridgehead atoms. The summed E-state index contributed by atoms with van der Waals surface area (Å²) in [5, 5.41) is 10.2. The van der Waals surface area contributed by atoms with Gasteiger partial charge < -0.3 is 19.8 Å². The second kappa shape index (κ2) is 9.76. The van der Waals surface area contributed by atoms with E-state index < -0.39 is 22.6 Å². The normalized spacial score (nSPS) is 29.1. The maximum Gasteiger partial charge on any atom is 0.251 e. The number of aliphatic hydroxyl groups is 1. The van der Waals surface area contributed by atoms with Crippen LogP contribution in [0.5, 0.6) is 0 Å². The largest absolute Gasteiger partial charge is 0.395 e. The number of aliphatic hydroxyl groups excluding tert-OH is 1. The highest BCUT2D eigenvalue weighted by atomic mass is 35.5. The summed E-state index contributed by atoms with van der Waals surface area (Å²) in [4.78, 5) is 45.9. The van der Waals surface area contributed by atoms with Crippen LogP contribution in [0, 0.1) is 11.8 Å². The average Bonchev–Trinajstić information content (AvgIpc) is 3.45. The molecule has 182 valence electrons. The molecule has 4 rings (SSSR count). The average molecular weight is 504 g/mol. The van der Waals surface area contributed by atoms with E-state index in [-0.39, 0.29) is 42.7 Å². The van der Waals surface area contributed by atoms with Gasteiger partial charge in [-0.2, -0.15) is 0 Å². The monoisotopic (exact) mass is 503 g/mol. The lowest BCUT2D eigenvalue weighted by molar-refractivity contribution is -0.143. The van der Waals surface area contributed by atoms with Crippen LogP contribution in [0.25, 0.3) is 0 Å². The minimum atomic E-state index is -0.800. The van der Waals surface area contributed by atoms with Crippen molar-refractivity contribution >= 4 is 46.8 Å². The Morgan fingerprint density at radius 3 is 2.62 bits per heavy atom. The topological polar surface area (TPSA) is 81.2 Å². The molecule has 34 heavy (non-hydrogen) atoms. The number of benzene rings is 1. The van der Waals surface area contributed by atoms with Crippen molar-refractivity contribution < 1.29 is 19.5 Å². The quantitative estimate of drug-likeness (QED) is 0.524. The van der Waals surface area contributed by atoms with Gasteiger partial charge in [-0.25, -0.2) is 0 Å². The Hall–Kier alpha value is -2.29. The number of hydrogen-bond acceptors (Lipinski definition) is 5. The number of amides is 3. The number of para-hydroxylation sites is 1. The third-order valence-corrected chi connectivity index (χ3v) is 9.43. The standard InChI is InChI=1S/C25H30ClN3O4S/c1-4-12-27(3)22(31)19-18-10-11-25(34-18)20(19)23(32)29(14-15-30)21(25)24(33)28(13-5-2)17-9-7-6-8-16(17)26/h4-9,18-21,30H,1-2,10-15H2,3H3/t18-,19+,20+,21?,25?/m1/s1. The van der Waals surface area contributed by atoms with E-state index in [0.717, 1.165) is 6.42 Å². The fraction of sp³-hybridized carbons (Fsp3) is 0.480. The predicted molar refractivity (Wildman–Crippen MR) is 135 cm³/mol. The van der Waals surface area contributed by atoms with Crippen molar-refractivity contribution in [3.05, 3.63) is 54.6 Å². The zero-order valence-electron chi connectivity index (χ0n) is 19.2. The van der Waals surface area contributed by atoms with Crippen molar-refractivity contribution in [2.45, 2.75) is 28.9 Å². The highest BCUT2D eigenvalue weighted by Crippen LogP contribution is 2.66. The van der Waals surface area contributed by atoms with Gasteiger partial charge in [-0.3, -0.25) is 14.4 Å². The van der Waals surface area contributed by atoms with E-state index in [4.69, 9.17) is 11.6 Å². The molecule has 0 saturated carbocycles. The van der Waals surface area contributed by atoms with E-state index in [0.29, 0.717) is 23.7 Å². The van der Waals surface area contributed by atoms with Gasteiger partial charge in [0.05, 0.1) is 33.9 Å². The van der Waals surface area contributed by atoms with Crippen LogP contribution in [0.3, 0.4) is 0 Å². The summed E-state index contributed by atoms with van der Waals surface area (Å²) in [7, 11) is 1.71. The molecule has 1 aromatic rings. The van der Waals surface area contributed by atoms with Gasteiger partial charge >= 0.3 is 0 Å². The summed E-state index contributed by atoms with van der Waals surface area (Å²) >= 11 is 8.04. The lowest BCUT2D eigenvalue weighted by Crippen LogP contribution is -2.55. The third-order valence-electron chi connectivity index (χ3n) is 7.16. The van der Waals surface area contributed by atoms with E-state index >= 15 is 0 Å². The van der Waals surface area contributed by atoms with Gasteiger partial charge in [-0.1, -0.05) is 35.9 Å². The molecule has 3 saturated heterocycles. The number of β-amino-alcohol motifs (C(OH)–C–C–N with tert-alkyl or cyclic N) is 1. The fourth-order valence-corrected chi connectivity index (χ4v) is 8.30. The van der Waals surface area contributed by atoms with Crippen molar-refractivity contribution in [1.29, 1.82) is 0 Å². The van der Waals surface area contributed by atoms with Crippen LogP contribution < -0.4 is 4.90 Å². The van der Waals surface area contributed by atoms with Gasteiger partial charge in [0.15, 0.2) is 0 Å². The van der Waals surface area contributed by atoms with Crippen LogP contribution in [-0.4, -0.2) is 82.0 Å². The second-order valence-electron chi connectivity index (χ2n) is 9.01. The summed E-state index contributed by atoms with van der Waals surface area (Å²) in [6.45, 7) is 7.89. The zero-order valence-corrected chi connectivity index (χ0v) is 20.8. The molecular weight excluding hydrogens is 474 g/mol. The molecular formula is C25H30ClN3O4S. The van der Waals surface area contributed by atoms with Crippen molar-refractivity contribution in [2.75, 3.05) is 38.2 Å². The number of nitrogens with zero attached hydrogens (tertiary/aromatic N) is 3. The van der Waals surface area contributed by atoms with Crippen molar-refractivity contribution in [3.8, 4) is 0 Å². The fourth-order valence-electron chi connectivity index (χ4n) is 5.85. The van der Waals surface area contributed by atoms with Gasteiger partial charge in [-0.05, 0) is 25.0 Å². The smallest absolute Gasteiger partial charge is 0.251 e. The third kappa shape index (κ3) is 3.76. The number of anilines is 1. The minimum absolute atomic E-state index is 0.0199. The Morgan fingerprint density at radius 1 is 1.26 bits per heavy atom. The second-order valence-corrected chi connectivity index (χ2v) is 11.0. The molecule has 9 heteroatoms. The van der Waals surface area contributed by atoms with Crippen molar-refractivity contribution in [3.63, 3.8) is 0 Å². The molecule has 3 amide bonds. The Bertz CT molecular complexity index is 1020. The van der Waals surface area contributed by atoms with Crippen LogP contribution in [-0.2, 0) is 14.4 Å². The van der Waals surface area contributed by atoms with E-state index in [1.807, 2.05) is 0 Å². The number of likely N-dealkylation sites (N-methyl/N-ethyl adjacent to an activating group) is 1. The van der Waals surface area contributed by atoms with Crippen molar-refractivity contribution in [1.82, 2.24) is 9.80 Å². The maximum absolute atomic E-state index is 14.2. The number of hydrogen-bond donors (Lipinski definition) is 1. The van der Waals surface area contributed by atoms with Crippen molar-refractivity contribution in [2.24, 2.45) is 11.8 Å². The Morgan fingerprint density at radius 2 is 1.97 bits per heavy atom. The number of rotatable bonds is 9. The van der Waals surface area contributed by atoms with E-state index in [2.05, 4.69) is 13.2 Å². The highest BCUT2D eigenvalue weighted by molar-refractivity contribution is 8.02. The van der Waals surface area contributed by atoms with Crippen LogP contribution in [0.4, 0.5) is 5.69 Å². The lowest BCUT2D eigenvalue weighted by Gasteiger charge is -2.37. The van der Waals surface area contributed by atoms with Gasteiger partial charge in [0.2, 0.25) is 11.8 Å². The summed E-state index contributed by atoms with van der Waals surface area (Å²) < 4.78 is -0.718. The minimum Gasteiger partial charge on any atom is -0.395 e. The number of carbonyl (C=O) groups excluding carboxylic acids is 3. The molecule has 0 radical (unpaired) electrons. The van der Waals surface area contributed by atoms with Crippen LogP contribution in [0.1, 0.15) is 12.8 Å². The molecule has 5 atom stereocenters. The van der Waals surface area contributed by atoms with Crippen LogP contribution in [0.15, 0.2) is 49.6 Å². The summed E-state index contributed by atoms with van der Waals surface area (Å²) in [5.41, 5.74) is 0.543. The summed E-state index contributed by atoms with van der Waals surface area (Å²) in [5.74, 6) is -1.69. The molecule has 1 aromatic carbocycles. The Kier molecular flexibility index (Phi) is 7.12. The molecule has 0 aromatic heterocycles. The van der Waals surface area contributed by atoms with E-state index in [1.54, 1.807) is 65.0 Å². The first-order valence-electron chi connectivity index (χ1n) is 11.4. The SMILES string of the molecule is C=CCN(C)C(=O)[C@@H]1[C@H]2C(=O)N(CCO)C(C(=O)N(CC=C)c3ccccc3Cl)C23CC[C@H]1S3. The number of fused-ring (bicyclic) bond motifs is 1. The van der Waals surface area contributed by atoms with Crippen LogP contribution >= 0.6 is 23.4 Å². The van der Waals surface area contributed by atoms with Gasteiger partial charge in [-0.15, -0.1) is 24.9 Å². The zero-order chi connectivity index (χ0) is 24.6. The van der Waals surface area contributed by atoms with E-state index in [9.17, 15) is 19.5 Å². The molecule has 1 N–H and O–H groups in total. The Balaban J connectivity index is 1.76. The molecule has 2 unspecified atom stereocenters. The maximum atomic E-state index is 14.2. The number of carbonyl (C=O) groups is 3. The first-order chi connectivity index (χ1) is 16.3. The number of likely N-dealkylation sites (tertiary alicyclic amines) is 1. The highest BCUT2D eigenvalue weighted by Gasteiger charge is 2.74. The molecule has 7 nitrogen and oxygen atoms in total.